The molecule has 0 aromatic heterocycles. The predicted octanol–water partition coefficient (Wildman–Crippen LogP) is 2.76. The molecule has 0 saturated carbocycles. The summed E-state index contributed by atoms with van der Waals surface area (Å²) in [6, 6.07) is 3.91. The van der Waals surface area contributed by atoms with E-state index in [0.717, 1.165) is 56.4 Å². The van der Waals surface area contributed by atoms with Crippen LogP contribution in [0.15, 0.2) is 18.3 Å². The van der Waals surface area contributed by atoms with Crippen molar-refractivity contribution < 1.29 is 18.2 Å². The van der Waals surface area contributed by atoms with Crippen LogP contribution < -0.4 is 21.7 Å². The molecule has 37 heavy (non-hydrogen) atoms. The standard InChI is InChI=1S/C27H40F2N7O/c1-17(37)35-11-7-24(34-20-5-8-33-9-6-20)23(16-35)27(31)36-10-3-4-18-12-21(19(14-30)15-32-2)22(26(28)29)13-25(18)36/h12-13,15,20,23-24,26,30-34H,3-11,14,16H2,1-2H3/q-1/p+1/b19-15+. The maximum atomic E-state index is 14.3. The first-order valence-electron chi connectivity index (χ1n) is 13.4. The number of hydrogen-bond acceptors (Lipinski definition) is 4. The summed E-state index contributed by atoms with van der Waals surface area (Å²) >= 11 is 0. The lowest BCUT2D eigenvalue weighted by Crippen LogP contribution is -2.59. The van der Waals surface area contributed by atoms with Gasteiger partial charge in [0, 0.05) is 44.7 Å². The predicted molar refractivity (Wildman–Crippen MR) is 143 cm³/mol. The van der Waals surface area contributed by atoms with Crippen molar-refractivity contribution in [3.63, 3.8) is 0 Å². The average molecular weight is 518 g/mol. The molecule has 204 valence electrons. The van der Waals surface area contributed by atoms with Crippen molar-refractivity contribution in [2.45, 2.75) is 57.5 Å². The van der Waals surface area contributed by atoms with E-state index >= 15 is 0 Å². The highest BCUT2D eigenvalue weighted by atomic mass is 19.3. The number of rotatable bonds is 7. The van der Waals surface area contributed by atoms with Gasteiger partial charge < -0.3 is 26.6 Å². The summed E-state index contributed by atoms with van der Waals surface area (Å²) in [5.74, 6) is 0.556. The summed E-state index contributed by atoms with van der Waals surface area (Å²) in [6.07, 6.45) is 3.46. The maximum absolute atomic E-state index is 14.3. The lowest BCUT2D eigenvalue weighted by molar-refractivity contribution is -0.450. The summed E-state index contributed by atoms with van der Waals surface area (Å²) in [6.45, 7) is 5.31. The van der Waals surface area contributed by atoms with Crippen LogP contribution >= 0.6 is 0 Å². The highest BCUT2D eigenvalue weighted by Gasteiger charge is 2.39. The lowest BCUT2D eigenvalue weighted by atomic mass is 9.88. The number of likely N-dealkylation sites (tertiary alicyclic amines) is 1. The van der Waals surface area contributed by atoms with Crippen LogP contribution in [0.3, 0.4) is 0 Å². The molecule has 2 fully saturated rings. The first-order chi connectivity index (χ1) is 17.8. The molecule has 3 aliphatic rings. The average Bonchev–Trinajstić information content (AvgIpc) is 2.90. The number of alkyl halides is 2. The monoisotopic (exact) mass is 517 g/mol. The summed E-state index contributed by atoms with van der Waals surface area (Å²) < 4.78 is 30.5. The van der Waals surface area contributed by atoms with E-state index in [1.807, 2.05) is 15.5 Å². The fourth-order valence-electron chi connectivity index (χ4n) is 6.00. The number of aryl methyl sites for hydroxylation is 1. The van der Waals surface area contributed by atoms with Crippen LogP contribution in [0.4, 0.5) is 14.5 Å². The summed E-state index contributed by atoms with van der Waals surface area (Å²) in [5.41, 5.74) is 17.3. The van der Waals surface area contributed by atoms with Gasteiger partial charge in [0.1, 0.15) is 5.69 Å². The van der Waals surface area contributed by atoms with E-state index in [2.05, 4.69) is 16.0 Å². The topological polar surface area (TPSA) is 109 Å². The fourth-order valence-corrected chi connectivity index (χ4v) is 6.00. The Bertz CT molecular complexity index is 1040. The van der Waals surface area contributed by atoms with E-state index in [-0.39, 0.29) is 30.0 Å². The first-order valence-corrected chi connectivity index (χ1v) is 13.4. The Hall–Kier alpha value is -2.56. The van der Waals surface area contributed by atoms with Crippen molar-refractivity contribution in [2.75, 3.05) is 46.3 Å². The minimum Gasteiger partial charge on any atom is -0.674 e. The van der Waals surface area contributed by atoms with Crippen molar-refractivity contribution in [3.05, 3.63) is 40.8 Å². The number of amidine groups is 1. The molecule has 2 saturated heterocycles. The number of fused-ring (bicyclic) bond motifs is 1. The van der Waals surface area contributed by atoms with E-state index in [9.17, 15) is 13.6 Å². The second kappa shape index (κ2) is 12.3. The second-order valence-corrected chi connectivity index (χ2v) is 10.3. The molecule has 0 spiro atoms. The number of nitrogens with one attached hydrogen (secondary N) is 4. The quantitative estimate of drug-likeness (QED) is 0.329. The second-order valence-electron chi connectivity index (χ2n) is 10.3. The number of benzene rings is 1. The zero-order valence-electron chi connectivity index (χ0n) is 22.0. The van der Waals surface area contributed by atoms with Crippen LogP contribution in [0.25, 0.3) is 11.3 Å². The molecule has 0 bridgehead atoms. The molecule has 8 nitrogen and oxygen atoms in total. The molecular formula is C27H41F2N7O. The van der Waals surface area contributed by atoms with E-state index in [1.165, 1.54) is 0 Å². The zero-order chi connectivity index (χ0) is 26.5. The van der Waals surface area contributed by atoms with E-state index < -0.39 is 6.43 Å². The Morgan fingerprint density at radius 1 is 1.32 bits per heavy atom. The normalized spacial score (nSPS) is 24.7. The number of halogens is 2. The smallest absolute Gasteiger partial charge is 0.264 e. The van der Waals surface area contributed by atoms with Crippen molar-refractivity contribution in [2.24, 2.45) is 11.7 Å². The summed E-state index contributed by atoms with van der Waals surface area (Å²) in [7, 11) is 1.70. The molecule has 6 N–H and O–H groups in total. The fraction of sp³-hybridized carbons (Fsp3) is 0.630. The van der Waals surface area contributed by atoms with Crippen LogP contribution in [-0.4, -0.2) is 79.6 Å². The molecule has 10 heteroatoms. The van der Waals surface area contributed by atoms with Gasteiger partial charge in [0.25, 0.3) is 12.3 Å². The van der Waals surface area contributed by atoms with Crippen LogP contribution in [0.5, 0.6) is 0 Å². The molecule has 1 aromatic rings. The van der Waals surface area contributed by atoms with Crippen LogP contribution in [0, 0.1) is 5.92 Å². The molecule has 0 radical (unpaired) electrons. The lowest BCUT2D eigenvalue weighted by Gasteiger charge is -2.40. The molecule has 1 amide bonds. The van der Waals surface area contributed by atoms with Gasteiger partial charge in [-0.25, -0.2) is 13.4 Å². The molecule has 2 atom stereocenters. The minimum atomic E-state index is -2.67. The Kier molecular flexibility index (Phi) is 9.15. The highest BCUT2D eigenvalue weighted by molar-refractivity contribution is 5.82. The summed E-state index contributed by atoms with van der Waals surface area (Å²) in [5, 5.41) is 10.1. The molecule has 0 aliphatic carbocycles. The third kappa shape index (κ3) is 6.13. The number of hydrogen-bond donors (Lipinski definition) is 4. The van der Waals surface area contributed by atoms with Gasteiger partial charge in [-0.1, -0.05) is 0 Å². The third-order valence-corrected chi connectivity index (χ3v) is 8.00. The maximum Gasteiger partial charge on any atom is 0.264 e. The van der Waals surface area contributed by atoms with Gasteiger partial charge in [-0.05, 0) is 80.2 Å². The Morgan fingerprint density at radius 3 is 2.73 bits per heavy atom. The Labute approximate surface area is 218 Å². The minimum absolute atomic E-state index is 0.0287. The SMILES string of the molecule is CN/C=C(\C[NH-])c1cc2c(cc1C(F)F)[N+](=C(N)C1CN(C(C)=O)CCC1NC1CCNCC1)CCC2. The number of nitrogens with zero attached hydrogens (tertiary/aromatic N) is 2. The number of carbonyl (C=O) groups excluding carboxylic acids is 1. The Morgan fingerprint density at radius 2 is 2.08 bits per heavy atom. The largest absolute Gasteiger partial charge is 0.674 e. The Balaban J connectivity index is 1.74. The van der Waals surface area contributed by atoms with Gasteiger partial charge in [-0.3, -0.25) is 10.5 Å². The third-order valence-electron chi connectivity index (χ3n) is 8.00. The van der Waals surface area contributed by atoms with Crippen molar-refractivity contribution in [3.8, 4) is 0 Å². The number of piperidine rings is 2. The van der Waals surface area contributed by atoms with Gasteiger partial charge in [-0.15, -0.1) is 6.54 Å². The molecule has 3 heterocycles. The molecular weight excluding hydrogens is 476 g/mol. The van der Waals surface area contributed by atoms with Gasteiger partial charge in [0.2, 0.25) is 5.91 Å². The van der Waals surface area contributed by atoms with E-state index in [1.54, 1.807) is 26.2 Å². The van der Waals surface area contributed by atoms with Crippen molar-refractivity contribution in [1.29, 1.82) is 0 Å². The highest BCUT2D eigenvalue weighted by Crippen LogP contribution is 2.37. The number of nitrogens with two attached hydrogens (primary N) is 1. The molecule has 2 unspecified atom stereocenters. The van der Waals surface area contributed by atoms with E-state index in [0.29, 0.717) is 42.6 Å². The molecule has 4 rings (SSSR count). The number of amides is 1. The zero-order valence-corrected chi connectivity index (χ0v) is 22.0. The van der Waals surface area contributed by atoms with Crippen molar-refractivity contribution in [1.82, 2.24) is 20.9 Å². The number of carbonyl (C=O) groups is 1. The molecule has 3 aliphatic heterocycles. The van der Waals surface area contributed by atoms with Gasteiger partial charge in [0.15, 0.2) is 0 Å². The molecule has 1 aromatic carbocycles. The van der Waals surface area contributed by atoms with Crippen LogP contribution in [-0.2, 0) is 11.2 Å². The van der Waals surface area contributed by atoms with Gasteiger partial charge in [-0.2, -0.15) is 0 Å². The van der Waals surface area contributed by atoms with Crippen molar-refractivity contribution >= 4 is 23.0 Å². The summed E-state index contributed by atoms with van der Waals surface area (Å²) in [4.78, 5) is 14.1. The first kappa shape index (κ1) is 27.5. The van der Waals surface area contributed by atoms with Crippen LogP contribution in [0.2, 0.25) is 0 Å². The van der Waals surface area contributed by atoms with Crippen LogP contribution in [0.1, 0.15) is 55.7 Å². The van der Waals surface area contributed by atoms with Gasteiger partial charge in [0.05, 0.1) is 12.5 Å². The van der Waals surface area contributed by atoms with E-state index in [4.69, 9.17) is 11.5 Å². The van der Waals surface area contributed by atoms with Gasteiger partial charge >= 0.3 is 0 Å².